The van der Waals surface area contributed by atoms with Crippen LogP contribution in [0, 0.1) is 11.3 Å². The fourth-order valence-corrected chi connectivity index (χ4v) is 2.03. The van der Waals surface area contributed by atoms with Crippen molar-refractivity contribution in [2.75, 3.05) is 19.5 Å². The van der Waals surface area contributed by atoms with Crippen LogP contribution in [-0.2, 0) is 15.7 Å². The van der Waals surface area contributed by atoms with Crippen LogP contribution in [0.5, 0.6) is 0 Å². The van der Waals surface area contributed by atoms with Gasteiger partial charge in [-0.05, 0) is 17.3 Å². The van der Waals surface area contributed by atoms with Gasteiger partial charge in [0.2, 0.25) is 5.82 Å². The summed E-state index contributed by atoms with van der Waals surface area (Å²) in [6.45, 7) is 0. The van der Waals surface area contributed by atoms with Crippen LogP contribution in [0.1, 0.15) is 23.2 Å². The highest BCUT2D eigenvalue weighted by Crippen LogP contribution is 2.37. The SMILES string of the molecule is COC(OC)c1ccc(NC=C(C#N)c2nn[nH]n2)cc1C(F)(F)F. The summed E-state index contributed by atoms with van der Waals surface area (Å²) in [5.74, 6) is 0.0153. The number of alkyl halides is 3. The lowest BCUT2D eigenvalue weighted by Crippen LogP contribution is -2.14. The van der Waals surface area contributed by atoms with Crippen LogP contribution in [0.4, 0.5) is 18.9 Å². The summed E-state index contributed by atoms with van der Waals surface area (Å²) in [4.78, 5) is 0. The lowest BCUT2D eigenvalue weighted by Gasteiger charge is -2.20. The largest absolute Gasteiger partial charge is 0.416 e. The molecule has 0 unspecified atom stereocenters. The minimum atomic E-state index is -4.61. The maximum absolute atomic E-state index is 13.3. The fraction of sp³-hybridized carbons (Fsp3) is 0.286. The first-order valence-electron chi connectivity index (χ1n) is 6.78. The fourth-order valence-electron chi connectivity index (χ4n) is 2.03. The van der Waals surface area contributed by atoms with Gasteiger partial charge in [-0.15, -0.1) is 10.2 Å². The van der Waals surface area contributed by atoms with Crippen LogP contribution in [-0.4, -0.2) is 34.8 Å². The number of nitrogens with zero attached hydrogens (tertiary/aromatic N) is 4. The van der Waals surface area contributed by atoms with E-state index >= 15 is 0 Å². The molecule has 2 aromatic rings. The van der Waals surface area contributed by atoms with Crippen LogP contribution in [0.3, 0.4) is 0 Å². The predicted octanol–water partition coefficient (Wildman–Crippen LogP) is 2.49. The van der Waals surface area contributed by atoms with E-state index in [1.807, 2.05) is 6.07 Å². The van der Waals surface area contributed by atoms with Gasteiger partial charge in [-0.2, -0.15) is 23.6 Å². The Balaban J connectivity index is 2.36. The Labute approximate surface area is 140 Å². The number of nitrogens with one attached hydrogen (secondary N) is 2. The highest BCUT2D eigenvalue weighted by molar-refractivity contribution is 5.74. The van der Waals surface area contributed by atoms with Crippen LogP contribution >= 0.6 is 0 Å². The predicted molar refractivity (Wildman–Crippen MR) is 79.6 cm³/mol. The average Bonchev–Trinajstić information content (AvgIpc) is 3.11. The van der Waals surface area contributed by atoms with Gasteiger partial charge in [0.1, 0.15) is 11.6 Å². The van der Waals surface area contributed by atoms with E-state index in [0.717, 1.165) is 6.07 Å². The van der Waals surface area contributed by atoms with Crippen molar-refractivity contribution >= 4 is 11.3 Å². The first kappa shape index (κ1) is 18.4. The van der Waals surface area contributed by atoms with Gasteiger partial charge in [0.15, 0.2) is 6.29 Å². The van der Waals surface area contributed by atoms with E-state index in [4.69, 9.17) is 14.7 Å². The molecule has 0 spiro atoms. The third-order valence-corrected chi connectivity index (χ3v) is 3.13. The van der Waals surface area contributed by atoms with Crippen molar-refractivity contribution < 1.29 is 22.6 Å². The number of benzene rings is 1. The van der Waals surface area contributed by atoms with Crippen LogP contribution < -0.4 is 5.32 Å². The summed E-state index contributed by atoms with van der Waals surface area (Å²) in [6, 6.07) is 5.34. The van der Waals surface area contributed by atoms with Gasteiger partial charge in [-0.25, -0.2) is 0 Å². The number of aromatic amines is 1. The molecule has 0 saturated heterocycles. The maximum Gasteiger partial charge on any atom is 0.416 e. The number of hydrogen-bond donors (Lipinski definition) is 2. The molecule has 2 rings (SSSR count). The molecular weight excluding hydrogens is 341 g/mol. The smallest absolute Gasteiger partial charge is 0.360 e. The summed E-state index contributed by atoms with van der Waals surface area (Å²) in [7, 11) is 2.49. The van der Waals surface area contributed by atoms with E-state index < -0.39 is 18.0 Å². The van der Waals surface area contributed by atoms with E-state index in [1.165, 1.54) is 32.6 Å². The Kier molecular flexibility index (Phi) is 5.68. The number of allylic oxidation sites excluding steroid dienone is 1. The quantitative estimate of drug-likeness (QED) is 0.606. The highest BCUT2D eigenvalue weighted by atomic mass is 19.4. The molecule has 1 aromatic carbocycles. The van der Waals surface area contributed by atoms with E-state index in [2.05, 4.69) is 25.9 Å². The van der Waals surface area contributed by atoms with E-state index in [1.54, 1.807) is 0 Å². The highest BCUT2D eigenvalue weighted by Gasteiger charge is 2.35. The van der Waals surface area contributed by atoms with Crippen molar-refractivity contribution in [2.24, 2.45) is 0 Å². The Morgan fingerprint density at radius 3 is 2.60 bits per heavy atom. The third kappa shape index (κ3) is 4.31. The normalized spacial score (nSPS) is 12.3. The zero-order valence-electron chi connectivity index (χ0n) is 13.1. The molecule has 0 fully saturated rings. The third-order valence-electron chi connectivity index (χ3n) is 3.13. The van der Waals surface area contributed by atoms with Crippen molar-refractivity contribution in [1.82, 2.24) is 20.6 Å². The molecule has 0 amide bonds. The van der Waals surface area contributed by atoms with Gasteiger partial charge in [-0.3, -0.25) is 0 Å². The zero-order chi connectivity index (χ0) is 18.4. The first-order valence-corrected chi connectivity index (χ1v) is 6.78. The second-order valence-electron chi connectivity index (χ2n) is 4.65. The summed E-state index contributed by atoms with van der Waals surface area (Å²) in [5, 5.41) is 24.4. The van der Waals surface area contributed by atoms with Crippen LogP contribution in [0.2, 0.25) is 0 Å². The van der Waals surface area contributed by atoms with Gasteiger partial charge in [0.05, 0.1) is 5.56 Å². The number of methoxy groups -OCH3 is 2. The Hall–Kier alpha value is -2.97. The Morgan fingerprint density at radius 1 is 1.36 bits per heavy atom. The molecule has 2 N–H and O–H groups in total. The molecule has 132 valence electrons. The molecule has 0 saturated carbocycles. The molecule has 0 radical (unpaired) electrons. The van der Waals surface area contributed by atoms with Crippen LogP contribution in [0.25, 0.3) is 5.57 Å². The standard InChI is InChI=1S/C14H13F3N6O2/c1-24-13(25-2)10-4-3-9(5-11(10)14(15,16)17)19-7-8(6-18)12-20-22-23-21-12/h3-5,7,13,19H,1-2H3,(H,20,21,22,23). The zero-order valence-corrected chi connectivity index (χ0v) is 13.1. The van der Waals surface area contributed by atoms with Crippen molar-refractivity contribution in [1.29, 1.82) is 5.26 Å². The number of anilines is 1. The monoisotopic (exact) mass is 354 g/mol. The minimum absolute atomic E-state index is 0.00181. The molecule has 0 bridgehead atoms. The number of tetrazole rings is 1. The second kappa shape index (κ2) is 7.73. The number of rotatable bonds is 6. The number of H-pyrrole nitrogens is 1. The minimum Gasteiger partial charge on any atom is -0.360 e. The summed E-state index contributed by atoms with van der Waals surface area (Å²) in [6.07, 6.45) is -4.59. The number of hydrogen-bond acceptors (Lipinski definition) is 7. The van der Waals surface area contributed by atoms with E-state index in [0.29, 0.717) is 0 Å². The van der Waals surface area contributed by atoms with E-state index in [9.17, 15) is 13.2 Å². The van der Waals surface area contributed by atoms with Crippen molar-refractivity contribution in [2.45, 2.75) is 12.5 Å². The van der Waals surface area contributed by atoms with Gasteiger partial charge in [-0.1, -0.05) is 6.07 Å². The number of ether oxygens (including phenoxy) is 2. The van der Waals surface area contributed by atoms with Gasteiger partial charge in [0.25, 0.3) is 0 Å². The lowest BCUT2D eigenvalue weighted by molar-refractivity contribution is -0.147. The second-order valence-corrected chi connectivity index (χ2v) is 4.65. The lowest BCUT2D eigenvalue weighted by atomic mass is 10.1. The molecule has 11 heteroatoms. The molecular formula is C14H13F3N6O2. The van der Waals surface area contributed by atoms with Gasteiger partial charge < -0.3 is 14.8 Å². The molecule has 0 aliphatic heterocycles. The summed E-state index contributed by atoms with van der Waals surface area (Å²) in [5.41, 5.74) is -0.973. The molecule has 8 nitrogen and oxygen atoms in total. The van der Waals surface area contributed by atoms with Gasteiger partial charge in [0, 0.05) is 31.7 Å². The number of halogens is 3. The van der Waals surface area contributed by atoms with Crippen molar-refractivity contribution in [3.8, 4) is 6.07 Å². The molecule has 1 heterocycles. The Morgan fingerprint density at radius 2 is 2.08 bits per heavy atom. The summed E-state index contributed by atoms with van der Waals surface area (Å²) < 4.78 is 49.7. The average molecular weight is 354 g/mol. The number of nitriles is 1. The maximum atomic E-state index is 13.3. The molecule has 0 atom stereocenters. The molecule has 0 aliphatic carbocycles. The van der Waals surface area contributed by atoms with Crippen molar-refractivity contribution in [3.63, 3.8) is 0 Å². The van der Waals surface area contributed by atoms with Gasteiger partial charge >= 0.3 is 6.18 Å². The Bertz CT molecular complexity index is 779. The molecule has 1 aromatic heterocycles. The van der Waals surface area contributed by atoms with Crippen molar-refractivity contribution in [3.05, 3.63) is 41.4 Å². The first-order chi connectivity index (χ1) is 11.9. The van der Waals surface area contributed by atoms with E-state index in [-0.39, 0.29) is 22.6 Å². The molecule has 0 aliphatic rings. The number of aromatic nitrogens is 4. The molecule has 25 heavy (non-hydrogen) atoms. The topological polar surface area (TPSA) is 109 Å². The van der Waals surface area contributed by atoms with Crippen LogP contribution in [0.15, 0.2) is 24.4 Å². The summed E-state index contributed by atoms with van der Waals surface area (Å²) >= 11 is 0.